The summed E-state index contributed by atoms with van der Waals surface area (Å²) in [6, 6.07) is 10.0. The van der Waals surface area contributed by atoms with Crippen LogP contribution in [0.4, 0.5) is 0 Å². The average Bonchev–Trinajstić information content (AvgIpc) is 2.89. The molecule has 0 spiro atoms. The highest BCUT2D eigenvalue weighted by molar-refractivity contribution is 5.81. The van der Waals surface area contributed by atoms with E-state index in [-0.39, 0.29) is 5.92 Å². The fraction of sp³-hybridized carbons (Fsp3) is 0.500. The maximum atomic E-state index is 11.7. The summed E-state index contributed by atoms with van der Waals surface area (Å²) in [5.74, 6) is 0.554. The average molecular weight is 233 g/mol. The predicted octanol–water partition coefficient (Wildman–Crippen LogP) is 1.77. The number of hydrogen-bond donors (Lipinski definition) is 1. The van der Waals surface area contributed by atoms with Gasteiger partial charge < -0.3 is 10.1 Å². The number of ether oxygens (including phenoxy) is 1. The van der Waals surface area contributed by atoms with E-state index in [1.54, 1.807) is 0 Å². The number of carbonyl (C=O) groups excluding carboxylic acids is 1. The van der Waals surface area contributed by atoms with E-state index in [1.165, 1.54) is 0 Å². The van der Waals surface area contributed by atoms with Gasteiger partial charge in [0.05, 0.1) is 13.2 Å². The lowest BCUT2D eigenvalue weighted by molar-refractivity contribution is -0.123. The topological polar surface area (TPSA) is 38.3 Å². The van der Waals surface area contributed by atoms with E-state index in [1.807, 2.05) is 30.3 Å². The molecule has 1 heterocycles. The summed E-state index contributed by atoms with van der Waals surface area (Å²) in [6.45, 7) is 2.94. The first-order chi connectivity index (χ1) is 8.36. The Morgan fingerprint density at radius 1 is 1.35 bits per heavy atom. The van der Waals surface area contributed by atoms with Crippen molar-refractivity contribution in [3.63, 3.8) is 0 Å². The van der Waals surface area contributed by atoms with Gasteiger partial charge in [-0.15, -0.1) is 0 Å². The molecule has 1 aliphatic rings. The Kier molecular flexibility index (Phi) is 4.71. The van der Waals surface area contributed by atoms with Gasteiger partial charge in [0.15, 0.2) is 0 Å². The van der Waals surface area contributed by atoms with E-state index in [4.69, 9.17) is 4.74 Å². The molecule has 1 N–H and O–H groups in total. The quantitative estimate of drug-likeness (QED) is 0.761. The SMILES string of the molecule is O=C(CCOCc1ccccc1)C1CCNC1. The van der Waals surface area contributed by atoms with Gasteiger partial charge in [0, 0.05) is 18.9 Å². The molecule has 3 nitrogen and oxygen atoms in total. The van der Waals surface area contributed by atoms with Crippen LogP contribution in [-0.2, 0) is 16.1 Å². The molecule has 1 fully saturated rings. The molecule has 0 amide bonds. The van der Waals surface area contributed by atoms with Crippen LogP contribution in [0.25, 0.3) is 0 Å². The number of rotatable bonds is 6. The smallest absolute Gasteiger partial charge is 0.139 e. The third-order valence-corrected chi connectivity index (χ3v) is 3.12. The molecule has 0 aliphatic carbocycles. The van der Waals surface area contributed by atoms with Gasteiger partial charge in [0.1, 0.15) is 5.78 Å². The number of carbonyl (C=O) groups is 1. The second-order valence-corrected chi connectivity index (χ2v) is 4.44. The lowest BCUT2D eigenvalue weighted by Crippen LogP contribution is -2.19. The van der Waals surface area contributed by atoms with Crippen molar-refractivity contribution in [2.75, 3.05) is 19.7 Å². The number of benzene rings is 1. The summed E-state index contributed by atoms with van der Waals surface area (Å²) >= 11 is 0. The Balaban J connectivity index is 1.61. The monoisotopic (exact) mass is 233 g/mol. The van der Waals surface area contributed by atoms with Crippen LogP contribution in [0.5, 0.6) is 0 Å². The molecule has 1 unspecified atom stereocenters. The molecule has 17 heavy (non-hydrogen) atoms. The summed E-state index contributed by atoms with van der Waals surface area (Å²) in [5, 5.41) is 3.21. The summed E-state index contributed by atoms with van der Waals surface area (Å²) < 4.78 is 5.51. The van der Waals surface area contributed by atoms with Gasteiger partial charge in [0.2, 0.25) is 0 Å². The normalized spacial score (nSPS) is 19.4. The maximum absolute atomic E-state index is 11.7. The zero-order chi connectivity index (χ0) is 11.9. The number of nitrogens with one attached hydrogen (secondary N) is 1. The second kappa shape index (κ2) is 6.52. The Hall–Kier alpha value is -1.19. The van der Waals surface area contributed by atoms with Gasteiger partial charge in [-0.25, -0.2) is 0 Å². The Morgan fingerprint density at radius 2 is 2.18 bits per heavy atom. The van der Waals surface area contributed by atoms with Gasteiger partial charge in [-0.05, 0) is 18.5 Å². The molecular weight excluding hydrogens is 214 g/mol. The minimum Gasteiger partial charge on any atom is -0.376 e. The van der Waals surface area contributed by atoms with Crippen LogP contribution in [0.3, 0.4) is 0 Å². The van der Waals surface area contributed by atoms with Gasteiger partial charge in [0.25, 0.3) is 0 Å². The molecule has 3 heteroatoms. The van der Waals surface area contributed by atoms with Gasteiger partial charge in [-0.2, -0.15) is 0 Å². The first-order valence-electron chi connectivity index (χ1n) is 6.21. The molecule has 0 radical (unpaired) electrons. The van der Waals surface area contributed by atoms with Crippen molar-refractivity contribution in [2.45, 2.75) is 19.4 Å². The van der Waals surface area contributed by atoms with E-state index >= 15 is 0 Å². The minimum atomic E-state index is 0.218. The number of hydrogen-bond acceptors (Lipinski definition) is 3. The Morgan fingerprint density at radius 3 is 2.88 bits per heavy atom. The highest BCUT2D eigenvalue weighted by Gasteiger charge is 2.21. The number of Topliss-reactive ketones (excluding diaryl/α,β-unsaturated/α-hetero) is 1. The predicted molar refractivity (Wildman–Crippen MR) is 66.7 cm³/mol. The van der Waals surface area contributed by atoms with Crippen molar-refractivity contribution in [3.05, 3.63) is 35.9 Å². The van der Waals surface area contributed by atoms with Crippen LogP contribution in [0.2, 0.25) is 0 Å². The van der Waals surface area contributed by atoms with Crippen LogP contribution >= 0.6 is 0 Å². The van der Waals surface area contributed by atoms with E-state index in [2.05, 4.69) is 5.32 Å². The zero-order valence-corrected chi connectivity index (χ0v) is 10.0. The zero-order valence-electron chi connectivity index (χ0n) is 10.0. The van der Waals surface area contributed by atoms with Crippen molar-refractivity contribution < 1.29 is 9.53 Å². The third kappa shape index (κ3) is 3.95. The molecule has 2 rings (SSSR count). The highest BCUT2D eigenvalue weighted by Crippen LogP contribution is 2.11. The minimum absolute atomic E-state index is 0.218. The fourth-order valence-corrected chi connectivity index (χ4v) is 2.07. The van der Waals surface area contributed by atoms with Crippen LogP contribution in [0.1, 0.15) is 18.4 Å². The number of ketones is 1. The Labute approximate surface area is 102 Å². The van der Waals surface area contributed by atoms with Crippen molar-refractivity contribution >= 4 is 5.78 Å². The summed E-state index contributed by atoms with van der Waals surface area (Å²) in [6.07, 6.45) is 1.52. The lowest BCUT2D eigenvalue weighted by atomic mass is 10.0. The van der Waals surface area contributed by atoms with Gasteiger partial charge in [-0.3, -0.25) is 4.79 Å². The maximum Gasteiger partial charge on any atom is 0.139 e. The molecule has 1 aromatic rings. The summed E-state index contributed by atoms with van der Waals surface area (Å²) in [4.78, 5) is 11.7. The summed E-state index contributed by atoms with van der Waals surface area (Å²) in [7, 11) is 0. The lowest BCUT2D eigenvalue weighted by Gasteiger charge is -2.07. The van der Waals surface area contributed by atoms with Gasteiger partial charge >= 0.3 is 0 Å². The molecule has 1 aromatic carbocycles. The van der Waals surface area contributed by atoms with E-state index in [0.717, 1.165) is 25.1 Å². The van der Waals surface area contributed by atoms with E-state index < -0.39 is 0 Å². The third-order valence-electron chi connectivity index (χ3n) is 3.12. The summed E-state index contributed by atoms with van der Waals surface area (Å²) in [5.41, 5.74) is 1.16. The molecule has 1 atom stereocenters. The first-order valence-corrected chi connectivity index (χ1v) is 6.21. The first kappa shape index (κ1) is 12.3. The second-order valence-electron chi connectivity index (χ2n) is 4.44. The standard InChI is InChI=1S/C14H19NO2/c16-14(13-6-8-15-10-13)7-9-17-11-12-4-2-1-3-5-12/h1-5,13,15H,6-11H2. The molecule has 1 saturated heterocycles. The van der Waals surface area contributed by atoms with Crippen molar-refractivity contribution in [2.24, 2.45) is 5.92 Å². The van der Waals surface area contributed by atoms with Crippen molar-refractivity contribution in [3.8, 4) is 0 Å². The molecule has 0 saturated carbocycles. The Bertz CT molecular complexity index is 344. The molecule has 92 valence electrons. The van der Waals surface area contributed by atoms with Crippen LogP contribution in [-0.4, -0.2) is 25.5 Å². The van der Waals surface area contributed by atoms with Gasteiger partial charge in [-0.1, -0.05) is 30.3 Å². The van der Waals surface area contributed by atoms with Crippen molar-refractivity contribution in [1.82, 2.24) is 5.32 Å². The van der Waals surface area contributed by atoms with E-state index in [0.29, 0.717) is 25.4 Å². The highest BCUT2D eigenvalue weighted by atomic mass is 16.5. The molecule has 0 bridgehead atoms. The molecule has 0 aromatic heterocycles. The van der Waals surface area contributed by atoms with Crippen molar-refractivity contribution in [1.29, 1.82) is 0 Å². The van der Waals surface area contributed by atoms with Crippen LogP contribution < -0.4 is 5.32 Å². The van der Waals surface area contributed by atoms with Crippen LogP contribution in [0.15, 0.2) is 30.3 Å². The van der Waals surface area contributed by atoms with Crippen LogP contribution in [0, 0.1) is 5.92 Å². The fourth-order valence-electron chi connectivity index (χ4n) is 2.07. The molecular formula is C14H19NO2. The largest absolute Gasteiger partial charge is 0.376 e. The van der Waals surface area contributed by atoms with E-state index in [9.17, 15) is 4.79 Å². The molecule has 1 aliphatic heterocycles.